The summed E-state index contributed by atoms with van der Waals surface area (Å²) in [5.74, 6) is -0.217. The molecule has 0 aliphatic carbocycles. The Hall–Kier alpha value is -1.70. The Morgan fingerprint density at radius 2 is 1.96 bits per heavy atom. The normalized spacial score (nSPS) is 21.3. The van der Waals surface area contributed by atoms with Crippen LogP contribution in [0.5, 0.6) is 0 Å². The van der Waals surface area contributed by atoms with Crippen LogP contribution in [0.2, 0.25) is 0 Å². The fourth-order valence-electron chi connectivity index (χ4n) is 3.69. The average molecular weight is 377 g/mol. The van der Waals surface area contributed by atoms with Crippen LogP contribution >= 0.6 is 11.3 Å². The number of para-hydroxylation sites is 1. The van der Waals surface area contributed by atoms with E-state index in [-0.39, 0.29) is 18.4 Å². The van der Waals surface area contributed by atoms with Crippen LogP contribution in [0.1, 0.15) is 18.4 Å². The zero-order valence-electron chi connectivity index (χ0n) is 13.8. The molecule has 2 aliphatic heterocycles. The van der Waals surface area contributed by atoms with Crippen molar-refractivity contribution in [2.45, 2.75) is 23.5 Å². The van der Waals surface area contributed by atoms with Gasteiger partial charge in [0.2, 0.25) is 5.91 Å². The van der Waals surface area contributed by atoms with Gasteiger partial charge in [-0.05, 0) is 42.3 Å². The number of benzene rings is 1. The summed E-state index contributed by atoms with van der Waals surface area (Å²) in [6.07, 6.45) is 2.33. The molecule has 0 N–H and O–H groups in total. The first-order valence-corrected chi connectivity index (χ1v) is 10.8. The molecule has 7 heteroatoms. The predicted molar refractivity (Wildman–Crippen MR) is 98.3 cm³/mol. The number of amides is 1. The fraction of sp³-hybridized carbons (Fsp3) is 0.389. The highest BCUT2D eigenvalue weighted by Gasteiger charge is 2.37. The molecule has 0 bridgehead atoms. The minimum absolute atomic E-state index is 0.0519. The monoisotopic (exact) mass is 376 g/mol. The van der Waals surface area contributed by atoms with Crippen molar-refractivity contribution in [1.29, 1.82) is 0 Å². The molecular weight excluding hydrogens is 356 g/mol. The van der Waals surface area contributed by atoms with Crippen molar-refractivity contribution in [3.05, 3.63) is 47.3 Å². The van der Waals surface area contributed by atoms with Gasteiger partial charge in [-0.3, -0.25) is 4.79 Å². The largest absolute Gasteiger partial charge is 0.312 e. The van der Waals surface area contributed by atoms with Crippen LogP contribution in [0.3, 0.4) is 0 Å². The van der Waals surface area contributed by atoms with E-state index >= 15 is 0 Å². The maximum absolute atomic E-state index is 13.0. The number of piperidine rings is 1. The Bertz CT molecular complexity index is 877. The zero-order chi connectivity index (χ0) is 17.4. The van der Waals surface area contributed by atoms with Gasteiger partial charge in [-0.25, -0.2) is 8.42 Å². The summed E-state index contributed by atoms with van der Waals surface area (Å²) in [6, 6.07) is 11.3. The van der Waals surface area contributed by atoms with Crippen molar-refractivity contribution in [2.75, 3.05) is 24.5 Å². The Labute approximate surface area is 151 Å². The van der Waals surface area contributed by atoms with Crippen molar-refractivity contribution >= 4 is 33.0 Å². The molecule has 3 heterocycles. The van der Waals surface area contributed by atoms with Crippen LogP contribution < -0.4 is 4.90 Å². The highest BCUT2D eigenvalue weighted by molar-refractivity contribution is 7.91. The van der Waals surface area contributed by atoms with Crippen LogP contribution in [0.25, 0.3) is 0 Å². The molecule has 1 aromatic heterocycles. The molecule has 0 spiro atoms. The van der Waals surface area contributed by atoms with E-state index in [1.807, 2.05) is 23.1 Å². The SMILES string of the molecule is O=C([C@@H]1CCCN(S(=O)(=O)c2cccs2)C1)N1CCc2ccccc21. The molecule has 1 fully saturated rings. The highest BCUT2D eigenvalue weighted by Crippen LogP contribution is 2.32. The van der Waals surface area contributed by atoms with E-state index in [4.69, 9.17) is 0 Å². The molecule has 1 atom stereocenters. The van der Waals surface area contributed by atoms with Crippen LogP contribution in [0.4, 0.5) is 5.69 Å². The second kappa shape index (κ2) is 6.55. The lowest BCUT2D eigenvalue weighted by molar-refractivity contribution is -0.123. The summed E-state index contributed by atoms with van der Waals surface area (Å²) in [7, 11) is -3.49. The molecule has 2 aromatic rings. The zero-order valence-corrected chi connectivity index (χ0v) is 15.4. The summed E-state index contributed by atoms with van der Waals surface area (Å²) < 4.78 is 27.3. The topological polar surface area (TPSA) is 57.7 Å². The predicted octanol–water partition coefficient (Wildman–Crippen LogP) is 2.74. The number of rotatable bonds is 3. The number of hydrogen-bond donors (Lipinski definition) is 0. The fourth-order valence-corrected chi connectivity index (χ4v) is 6.36. The summed E-state index contributed by atoms with van der Waals surface area (Å²) in [6.45, 7) is 1.45. The molecular formula is C18H20N2O3S2. The average Bonchev–Trinajstić information content (AvgIpc) is 3.31. The van der Waals surface area contributed by atoms with E-state index in [1.54, 1.807) is 17.5 Å². The maximum Gasteiger partial charge on any atom is 0.252 e. The van der Waals surface area contributed by atoms with E-state index in [9.17, 15) is 13.2 Å². The van der Waals surface area contributed by atoms with E-state index in [0.29, 0.717) is 17.3 Å². The molecule has 1 aromatic carbocycles. The smallest absolute Gasteiger partial charge is 0.252 e. The van der Waals surface area contributed by atoms with Gasteiger partial charge >= 0.3 is 0 Å². The molecule has 0 radical (unpaired) electrons. The summed E-state index contributed by atoms with van der Waals surface area (Å²) in [5.41, 5.74) is 2.17. The van der Waals surface area contributed by atoms with E-state index in [2.05, 4.69) is 6.07 Å². The number of thiophene rings is 1. The van der Waals surface area contributed by atoms with Gasteiger partial charge in [-0.1, -0.05) is 24.3 Å². The lowest BCUT2D eigenvalue weighted by Gasteiger charge is -2.33. The third kappa shape index (κ3) is 3.01. The van der Waals surface area contributed by atoms with Crippen molar-refractivity contribution in [2.24, 2.45) is 5.92 Å². The highest BCUT2D eigenvalue weighted by atomic mass is 32.2. The molecule has 2 aliphatic rings. The Balaban J connectivity index is 1.53. The Morgan fingerprint density at radius 1 is 1.12 bits per heavy atom. The minimum Gasteiger partial charge on any atom is -0.312 e. The summed E-state index contributed by atoms with van der Waals surface area (Å²) in [5, 5.41) is 1.76. The lowest BCUT2D eigenvalue weighted by atomic mass is 9.98. The molecule has 4 rings (SSSR count). The van der Waals surface area contributed by atoms with Gasteiger partial charge in [-0.2, -0.15) is 4.31 Å². The van der Waals surface area contributed by atoms with Gasteiger partial charge in [0.05, 0.1) is 5.92 Å². The molecule has 0 unspecified atom stereocenters. The summed E-state index contributed by atoms with van der Waals surface area (Å²) in [4.78, 5) is 14.9. The van der Waals surface area contributed by atoms with Crippen molar-refractivity contribution < 1.29 is 13.2 Å². The first kappa shape index (κ1) is 16.8. The van der Waals surface area contributed by atoms with Crippen molar-refractivity contribution in [3.63, 3.8) is 0 Å². The number of hydrogen-bond acceptors (Lipinski definition) is 4. The van der Waals surface area contributed by atoms with Gasteiger partial charge < -0.3 is 4.90 Å². The molecule has 5 nitrogen and oxygen atoms in total. The van der Waals surface area contributed by atoms with Gasteiger partial charge in [0.25, 0.3) is 10.0 Å². The maximum atomic E-state index is 13.0. The van der Waals surface area contributed by atoms with Crippen LogP contribution in [0, 0.1) is 5.92 Å². The second-order valence-electron chi connectivity index (χ2n) is 6.50. The summed E-state index contributed by atoms with van der Waals surface area (Å²) >= 11 is 1.22. The van der Waals surface area contributed by atoms with Crippen molar-refractivity contribution in [3.8, 4) is 0 Å². The molecule has 132 valence electrons. The number of sulfonamides is 1. The third-order valence-electron chi connectivity index (χ3n) is 4.98. The van der Waals surface area contributed by atoms with E-state index in [0.717, 1.165) is 24.9 Å². The van der Waals surface area contributed by atoms with Crippen LogP contribution in [-0.4, -0.2) is 38.3 Å². The molecule has 1 amide bonds. The first-order chi connectivity index (χ1) is 12.1. The number of anilines is 1. The van der Waals surface area contributed by atoms with Crippen LogP contribution in [-0.2, 0) is 21.2 Å². The van der Waals surface area contributed by atoms with E-state index in [1.165, 1.54) is 21.2 Å². The standard InChI is InChI=1S/C18H20N2O3S2/c21-18(20-11-9-14-5-1-2-7-16(14)20)15-6-3-10-19(13-15)25(22,23)17-8-4-12-24-17/h1-2,4-5,7-8,12,15H,3,6,9-11,13H2/t15-/m1/s1. The number of nitrogens with zero attached hydrogens (tertiary/aromatic N) is 2. The lowest BCUT2D eigenvalue weighted by Crippen LogP contribution is -2.46. The Morgan fingerprint density at radius 3 is 2.76 bits per heavy atom. The van der Waals surface area contributed by atoms with Gasteiger partial charge in [0.15, 0.2) is 0 Å². The molecule has 1 saturated heterocycles. The third-order valence-corrected chi connectivity index (χ3v) is 8.21. The number of carbonyl (C=O) groups excluding carboxylic acids is 1. The number of fused-ring (bicyclic) bond motifs is 1. The quantitative estimate of drug-likeness (QED) is 0.828. The Kier molecular flexibility index (Phi) is 4.39. The second-order valence-corrected chi connectivity index (χ2v) is 9.62. The van der Waals surface area contributed by atoms with Crippen LogP contribution in [0.15, 0.2) is 46.0 Å². The number of carbonyl (C=O) groups is 1. The molecule has 0 saturated carbocycles. The van der Waals surface area contributed by atoms with Gasteiger partial charge in [0, 0.05) is 25.3 Å². The molecule has 25 heavy (non-hydrogen) atoms. The van der Waals surface area contributed by atoms with Gasteiger partial charge in [0.1, 0.15) is 4.21 Å². The van der Waals surface area contributed by atoms with Gasteiger partial charge in [-0.15, -0.1) is 11.3 Å². The van der Waals surface area contributed by atoms with E-state index < -0.39 is 10.0 Å². The first-order valence-electron chi connectivity index (χ1n) is 8.50. The van der Waals surface area contributed by atoms with Crippen molar-refractivity contribution in [1.82, 2.24) is 4.31 Å². The minimum atomic E-state index is -3.49.